The summed E-state index contributed by atoms with van der Waals surface area (Å²) in [5.41, 5.74) is 0. The zero-order chi connectivity index (χ0) is 6.41. The summed E-state index contributed by atoms with van der Waals surface area (Å²) in [5.74, 6) is 0.847. The van der Waals surface area contributed by atoms with Crippen LogP contribution in [0.15, 0.2) is 0 Å². The highest BCUT2D eigenvalue weighted by atomic mass is 35.5. The van der Waals surface area contributed by atoms with Crippen LogP contribution in [0.4, 0.5) is 0 Å². The van der Waals surface area contributed by atoms with Crippen molar-refractivity contribution in [2.45, 2.75) is 19.8 Å². The van der Waals surface area contributed by atoms with Gasteiger partial charge in [0.2, 0.25) is 0 Å². The number of hydrogen-bond donors (Lipinski definition) is 0. The van der Waals surface area contributed by atoms with Crippen molar-refractivity contribution in [2.24, 2.45) is 5.92 Å². The Bertz CT molecular complexity index is 85.0. The molecular formula is C6H10ClN. The lowest BCUT2D eigenvalue weighted by atomic mass is 10.1. The van der Waals surface area contributed by atoms with Gasteiger partial charge in [0, 0.05) is 11.8 Å². The first kappa shape index (κ1) is 7.78. The molecule has 0 aliphatic rings. The van der Waals surface area contributed by atoms with Gasteiger partial charge in [0.15, 0.2) is 0 Å². The maximum Gasteiger partial charge on any atom is 0.0652 e. The molecule has 46 valence electrons. The monoisotopic (exact) mass is 131 g/mol. The van der Waals surface area contributed by atoms with E-state index in [1.54, 1.807) is 0 Å². The van der Waals surface area contributed by atoms with Crippen molar-refractivity contribution in [3.63, 3.8) is 0 Å². The highest BCUT2D eigenvalue weighted by Gasteiger charge is 1.95. The summed E-state index contributed by atoms with van der Waals surface area (Å²) in [7, 11) is 0. The van der Waals surface area contributed by atoms with Gasteiger partial charge in [0.05, 0.1) is 6.07 Å². The number of nitriles is 1. The average Bonchev–Trinajstić information content (AvgIpc) is 1.83. The lowest BCUT2D eigenvalue weighted by Gasteiger charge is -1.95. The number of alkyl halides is 1. The second-order valence-electron chi connectivity index (χ2n) is 1.86. The van der Waals surface area contributed by atoms with Crippen molar-refractivity contribution < 1.29 is 0 Å². The van der Waals surface area contributed by atoms with Gasteiger partial charge in [-0.15, -0.1) is 11.6 Å². The molecule has 0 rings (SSSR count). The molecule has 0 amide bonds. The minimum Gasteiger partial charge on any atom is -0.198 e. The Morgan fingerprint density at radius 2 is 2.38 bits per heavy atom. The average molecular weight is 132 g/mol. The Morgan fingerprint density at radius 3 is 2.75 bits per heavy atom. The van der Waals surface area contributed by atoms with E-state index in [0.717, 1.165) is 12.8 Å². The lowest BCUT2D eigenvalue weighted by molar-refractivity contribution is 0.649. The quantitative estimate of drug-likeness (QED) is 0.539. The van der Waals surface area contributed by atoms with Crippen LogP contribution in [0.1, 0.15) is 19.8 Å². The van der Waals surface area contributed by atoms with E-state index in [1.807, 2.05) is 6.92 Å². The van der Waals surface area contributed by atoms with Crippen LogP contribution in [0.5, 0.6) is 0 Å². The second kappa shape index (κ2) is 4.93. The van der Waals surface area contributed by atoms with Crippen molar-refractivity contribution in [3.8, 4) is 6.07 Å². The summed E-state index contributed by atoms with van der Waals surface area (Å²) in [6, 6.07) is 2.14. The molecule has 0 N–H and O–H groups in total. The highest BCUT2D eigenvalue weighted by molar-refractivity contribution is 6.17. The Kier molecular flexibility index (Phi) is 4.79. The van der Waals surface area contributed by atoms with Crippen LogP contribution >= 0.6 is 11.6 Å². The van der Waals surface area contributed by atoms with E-state index < -0.39 is 0 Å². The molecule has 0 bridgehead atoms. The molecule has 1 unspecified atom stereocenters. The first-order valence-corrected chi connectivity index (χ1v) is 3.30. The molecule has 0 fully saturated rings. The summed E-state index contributed by atoms with van der Waals surface area (Å²) in [5, 5.41) is 8.27. The number of rotatable bonds is 3. The third-order valence-electron chi connectivity index (χ3n) is 0.991. The fourth-order valence-corrected chi connectivity index (χ4v) is 0.602. The molecule has 1 atom stereocenters. The maximum atomic E-state index is 8.27. The van der Waals surface area contributed by atoms with Gasteiger partial charge < -0.3 is 0 Å². The predicted octanol–water partition coefficient (Wildman–Crippen LogP) is 2.17. The largest absolute Gasteiger partial charge is 0.198 e. The molecule has 0 saturated carbocycles. The van der Waals surface area contributed by atoms with Gasteiger partial charge in [-0.2, -0.15) is 5.26 Å². The summed E-state index contributed by atoms with van der Waals surface area (Å²) >= 11 is 5.39. The molecule has 0 aromatic heterocycles. The van der Waals surface area contributed by atoms with Crippen molar-refractivity contribution in [1.82, 2.24) is 0 Å². The predicted molar refractivity (Wildman–Crippen MR) is 34.7 cm³/mol. The fourth-order valence-electron chi connectivity index (χ4n) is 0.448. The Balaban J connectivity index is 3.02. The number of hydrogen-bond acceptors (Lipinski definition) is 1. The molecule has 1 nitrogen and oxygen atoms in total. The van der Waals surface area contributed by atoms with Crippen molar-refractivity contribution >= 4 is 11.6 Å². The van der Waals surface area contributed by atoms with Crippen LogP contribution in [0.25, 0.3) is 0 Å². The molecule has 8 heavy (non-hydrogen) atoms. The Labute approximate surface area is 55.3 Å². The van der Waals surface area contributed by atoms with E-state index in [2.05, 4.69) is 6.07 Å². The van der Waals surface area contributed by atoms with Crippen LogP contribution in [-0.2, 0) is 0 Å². The first-order valence-electron chi connectivity index (χ1n) is 2.77. The molecule has 0 radical (unpaired) electrons. The van der Waals surface area contributed by atoms with Gasteiger partial charge in [-0.3, -0.25) is 0 Å². The second-order valence-corrected chi connectivity index (χ2v) is 2.24. The summed E-state index contributed by atoms with van der Waals surface area (Å²) in [6.45, 7) is 1.91. The van der Waals surface area contributed by atoms with Gasteiger partial charge in [-0.05, 0) is 19.8 Å². The normalized spacial score (nSPS) is 12.6. The number of halogens is 1. The van der Waals surface area contributed by atoms with Crippen LogP contribution in [-0.4, -0.2) is 5.88 Å². The van der Waals surface area contributed by atoms with Gasteiger partial charge in [0.25, 0.3) is 0 Å². The molecule has 0 heterocycles. The van der Waals surface area contributed by atoms with E-state index in [0.29, 0.717) is 5.88 Å². The highest BCUT2D eigenvalue weighted by Crippen LogP contribution is 2.03. The zero-order valence-corrected chi connectivity index (χ0v) is 5.78. The Morgan fingerprint density at radius 1 is 1.75 bits per heavy atom. The topological polar surface area (TPSA) is 23.8 Å². The molecule has 2 heteroatoms. The van der Waals surface area contributed by atoms with Crippen LogP contribution in [0, 0.1) is 17.2 Å². The van der Waals surface area contributed by atoms with Crippen LogP contribution < -0.4 is 0 Å². The molecule has 0 aliphatic heterocycles. The van der Waals surface area contributed by atoms with E-state index in [9.17, 15) is 0 Å². The van der Waals surface area contributed by atoms with E-state index in [4.69, 9.17) is 16.9 Å². The van der Waals surface area contributed by atoms with E-state index >= 15 is 0 Å². The summed E-state index contributed by atoms with van der Waals surface area (Å²) in [4.78, 5) is 0. The smallest absolute Gasteiger partial charge is 0.0652 e. The van der Waals surface area contributed by atoms with E-state index in [-0.39, 0.29) is 5.92 Å². The van der Waals surface area contributed by atoms with Crippen molar-refractivity contribution in [2.75, 3.05) is 5.88 Å². The molecule has 0 aliphatic carbocycles. The maximum absolute atomic E-state index is 8.27. The molecular weight excluding hydrogens is 122 g/mol. The molecule has 0 aromatic carbocycles. The number of nitrogens with zero attached hydrogens (tertiary/aromatic N) is 1. The third-order valence-corrected chi connectivity index (χ3v) is 1.26. The van der Waals surface area contributed by atoms with E-state index in [1.165, 1.54) is 0 Å². The van der Waals surface area contributed by atoms with Crippen LogP contribution in [0.2, 0.25) is 0 Å². The first-order chi connectivity index (χ1) is 3.81. The van der Waals surface area contributed by atoms with Crippen molar-refractivity contribution in [1.29, 1.82) is 5.26 Å². The summed E-state index contributed by atoms with van der Waals surface area (Å²) < 4.78 is 0. The van der Waals surface area contributed by atoms with Gasteiger partial charge in [0.1, 0.15) is 0 Å². The fraction of sp³-hybridized carbons (Fsp3) is 0.833. The van der Waals surface area contributed by atoms with Crippen molar-refractivity contribution in [3.05, 3.63) is 0 Å². The van der Waals surface area contributed by atoms with Crippen LogP contribution in [0.3, 0.4) is 0 Å². The standard InChI is InChI=1S/C6H10ClN/c1-6(5-8)3-2-4-7/h6H,2-4H2,1H3. The van der Waals surface area contributed by atoms with Gasteiger partial charge in [-0.25, -0.2) is 0 Å². The Hall–Kier alpha value is -0.220. The molecule has 0 aromatic rings. The SMILES string of the molecule is CC(C#N)CCCCl. The molecule has 0 spiro atoms. The summed E-state index contributed by atoms with van der Waals surface area (Å²) in [6.07, 6.45) is 1.89. The van der Waals surface area contributed by atoms with Gasteiger partial charge in [-0.1, -0.05) is 0 Å². The lowest BCUT2D eigenvalue weighted by Crippen LogP contribution is -1.89. The van der Waals surface area contributed by atoms with Gasteiger partial charge >= 0.3 is 0 Å². The molecule has 0 saturated heterocycles. The minimum absolute atomic E-state index is 0.175. The zero-order valence-electron chi connectivity index (χ0n) is 5.02. The minimum atomic E-state index is 0.175. The third kappa shape index (κ3) is 3.95.